The molecule has 1 aliphatic heterocycles. The van der Waals surface area contributed by atoms with Gasteiger partial charge >= 0.3 is 5.63 Å². The Labute approximate surface area is 158 Å². The lowest BCUT2D eigenvalue weighted by atomic mass is 10.0. The molecule has 1 aromatic carbocycles. The van der Waals surface area contributed by atoms with Gasteiger partial charge in [0.25, 0.3) is 0 Å². The number of amides is 1. The molecule has 6 nitrogen and oxygen atoms in total. The molecule has 0 aliphatic carbocycles. The average Bonchev–Trinajstić information content (AvgIpc) is 3.10. The summed E-state index contributed by atoms with van der Waals surface area (Å²) < 4.78 is 10.6. The number of carbonyl (C=O) groups is 1. The van der Waals surface area contributed by atoms with Crippen LogP contribution in [0.3, 0.4) is 0 Å². The third-order valence-electron chi connectivity index (χ3n) is 5.06. The fourth-order valence-electron chi connectivity index (χ4n) is 3.43. The van der Waals surface area contributed by atoms with Gasteiger partial charge in [-0.15, -0.1) is 12.4 Å². The average molecular weight is 381 g/mol. The van der Waals surface area contributed by atoms with Gasteiger partial charge in [0.2, 0.25) is 5.91 Å². The third-order valence-corrected chi connectivity index (χ3v) is 5.06. The Bertz CT molecular complexity index is 849. The first-order chi connectivity index (χ1) is 12.0. The zero-order valence-electron chi connectivity index (χ0n) is 15.1. The summed E-state index contributed by atoms with van der Waals surface area (Å²) in [6.07, 6.45) is 1.66. The van der Waals surface area contributed by atoms with Crippen molar-refractivity contribution in [3.8, 4) is 5.75 Å². The lowest BCUT2D eigenvalue weighted by Crippen LogP contribution is -2.30. The van der Waals surface area contributed by atoms with E-state index in [4.69, 9.17) is 14.9 Å². The molecule has 7 heteroatoms. The number of carbonyl (C=O) groups excluding carboxylic acids is 1. The van der Waals surface area contributed by atoms with Gasteiger partial charge in [0.1, 0.15) is 11.3 Å². The highest BCUT2D eigenvalue weighted by Crippen LogP contribution is 2.25. The van der Waals surface area contributed by atoms with Crippen LogP contribution in [0, 0.1) is 12.8 Å². The Hall–Kier alpha value is -2.05. The van der Waals surface area contributed by atoms with Crippen LogP contribution in [-0.4, -0.2) is 37.6 Å². The highest BCUT2D eigenvalue weighted by Gasteiger charge is 2.25. The van der Waals surface area contributed by atoms with Crippen molar-refractivity contribution in [1.82, 2.24) is 4.90 Å². The van der Waals surface area contributed by atoms with Crippen molar-refractivity contribution in [1.29, 1.82) is 0 Å². The largest absolute Gasteiger partial charge is 0.497 e. The third kappa shape index (κ3) is 4.02. The van der Waals surface area contributed by atoms with Gasteiger partial charge in [-0.05, 0) is 49.9 Å². The van der Waals surface area contributed by atoms with Crippen molar-refractivity contribution < 1.29 is 13.9 Å². The van der Waals surface area contributed by atoms with E-state index >= 15 is 0 Å². The number of nitrogens with two attached hydrogens (primary N) is 1. The number of fused-ring (bicyclic) bond motifs is 1. The van der Waals surface area contributed by atoms with Gasteiger partial charge in [0.15, 0.2) is 0 Å². The first-order valence-corrected chi connectivity index (χ1v) is 8.61. The molecule has 1 aliphatic rings. The van der Waals surface area contributed by atoms with Crippen molar-refractivity contribution >= 4 is 29.3 Å². The molecule has 1 aromatic heterocycles. The van der Waals surface area contributed by atoms with Crippen LogP contribution >= 0.6 is 12.4 Å². The summed E-state index contributed by atoms with van der Waals surface area (Å²) in [5.41, 5.74) is 7.23. The van der Waals surface area contributed by atoms with Crippen molar-refractivity contribution in [2.75, 3.05) is 26.7 Å². The van der Waals surface area contributed by atoms with Gasteiger partial charge in [-0.1, -0.05) is 0 Å². The minimum atomic E-state index is -0.382. The second-order valence-electron chi connectivity index (χ2n) is 6.59. The minimum Gasteiger partial charge on any atom is -0.497 e. The summed E-state index contributed by atoms with van der Waals surface area (Å²) in [5, 5.41) is 0.868. The number of methoxy groups -OCH3 is 1. The number of nitrogens with zero attached hydrogens (tertiary/aromatic N) is 1. The Morgan fingerprint density at radius 1 is 1.42 bits per heavy atom. The Balaban J connectivity index is 0.00000243. The summed E-state index contributed by atoms with van der Waals surface area (Å²) in [7, 11) is 1.57. The summed E-state index contributed by atoms with van der Waals surface area (Å²) in [4.78, 5) is 26.6. The van der Waals surface area contributed by atoms with Gasteiger partial charge in [-0.3, -0.25) is 4.79 Å². The molecule has 1 fully saturated rings. The maximum Gasteiger partial charge on any atom is 0.339 e. The van der Waals surface area contributed by atoms with Gasteiger partial charge < -0.3 is 19.8 Å². The van der Waals surface area contributed by atoms with Crippen LogP contribution in [0.25, 0.3) is 11.0 Å². The molecule has 0 radical (unpaired) electrons. The van der Waals surface area contributed by atoms with E-state index in [-0.39, 0.29) is 23.9 Å². The van der Waals surface area contributed by atoms with E-state index in [1.807, 2.05) is 24.0 Å². The molecular formula is C19H25ClN2O4. The first-order valence-electron chi connectivity index (χ1n) is 8.61. The van der Waals surface area contributed by atoms with Crippen LogP contribution in [0.5, 0.6) is 5.75 Å². The van der Waals surface area contributed by atoms with Crippen LogP contribution in [0.2, 0.25) is 0 Å². The molecule has 1 atom stereocenters. The predicted molar refractivity (Wildman–Crippen MR) is 103 cm³/mol. The highest BCUT2D eigenvalue weighted by molar-refractivity contribution is 5.85. The zero-order valence-corrected chi connectivity index (χ0v) is 15.9. The Morgan fingerprint density at radius 2 is 2.19 bits per heavy atom. The number of likely N-dealkylation sites (tertiary alicyclic amines) is 1. The monoisotopic (exact) mass is 380 g/mol. The van der Waals surface area contributed by atoms with Gasteiger partial charge in [0.05, 0.1) is 7.11 Å². The molecular weight excluding hydrogens is 356 g/mol. The van der Waals surface area contributed by atoms with E-state index in [1.54, 1.807) is 13.2 Å². The van der Waals surface area contributed by atoms with Crippen LogP contribution in [-0.2, 0) is 11.2 Å². The maximum atomic E-state index is 12.4. The Morgan fingerprint density at radius 3 is 2.85 bits per heavy atom. The molecule has 2 N–H and O–H groups in total. The molecule has 1 amide bonds. The lowest BCUT2D eigenvalue weighted by Gasteiger charge is -2.16. The summed E-state index contributed by atoms with van der Waals surface area (Å²) in [6, 6.07) is 5.42. The number of hydrogen-bond donors (Lipinski definition) is 1. The number of ether oxygens (including phenoxy) is 1. The standard InChI is InChI=1S/C19H24N2O4.ClH/c1-12-15-4-3-14(24-2)9-17(15)25-19(23)16(12)5-6-18(22)21-8-7-13(10-20)11-21;/h3-4,9,13H,5-8,10-11,20H2,1-2H3;1H. The normalized spacial score (nSPS) is 16.6. The van der Waals surface area contributed by atoms with Crippen LogP contribution in [0.4, 0.5) is 0 Å². The molecule has 142 valence electrons. The van der Waals surface area contributed by atoms with Gasteiger partial charge in [-0.25, -0.2) is 4.79 Å². The molecule has 0 bridgehead atoms. The second-order valence-corrected chi connectivity index (χ2v) is 6.59. The van der Waals surface area contributed by atoms with Crippen molar-refractivity contribution in [2.45, 2.75) is 26.2 Å². The topological polar surface area (TPSA) is 85.8 Å². The van der Waals surface area contributed by atoms with Crippen molar-refractivity contribution in [2.24, 2.45) is 11.7 Å². The van der Waals surface area contributed by atoms with E-state index in [0.29, 0.717) is 42.2 Å². The molecule has 1 saturated heterocycles. The highest BCUT2D eigenvalue weighted by atomic mass is 35.5. The molecule has 0 saturated carbocycles. The number of rotatable bonds is 5. The van der Waals surface area contributed by atoms with Gasteiger partial charge in [-0.2, -0.15) is 0 Å². The maximum absolute atomic E-state index is 12.4. The summed E-state index contributed by atoms with van der Waals surface area (Å²) in [5.74, 6) is 1.11. The molecule has 26 heavy (non-hydrogen) atoms. The molecule has 0 spiro atoms. The lowest BCUT2D eigenvalue weighted by molar-refractivity contribution is -0.130. The van der Waals surface area contributed by atoms with E-state index in [9.17, 15) is 9.59 Å². The van der Waals surface area contributed by atoms with Crippen LogP contribution < -0.4 is 16.1 Å². The number of benzene rings is 1. The van der Waals surface area contributed by atoms with E-state index in [1.165, 1.54) is 0 Å². The fraction of sp³-hybridized carbons (Fsp3) is 0.474. The first kappa shape index (κ1) is 20.3. The quantitative estimate of drug-likeness (QED) is 0.804. The molecule has 1 unspecified atom stereocenters. The number of halogens is 1. The summed E-state index contributed by atoms with van der Waals surface area (Å²) in [6.45, 7) is 3.98. The van der Waals surface area contributed by atoms with E-state index in [0.717, 1.165) is 30.5 Å². The van der Waals surface area contributed by atoms with E-state index in [2.05, 4.69) is 0 Å². The summed E-state index contributed by atoms with van der Waals surface area (Å²) >= 11 is 0. The second kappa shape index (κ2) is 8.56. The van der Waals surface area contributed by atoms with Crippen molar-refractivity contribution in [3.05, 3.63) is 39.7 Å². The van der Waals surface area contributed by atoms with Crippen LogP contribution in [0.1, 0.15) is 24.0 Å². The fourth-order valence-corrected chi connectivity index (χ4v) is 3.43. The number of aryl methyl sites for hydroxylation is 1. The predicted octanol–water partition coefficient (Wildman–Crippen LogP) is 2.27. The van der Waals surface area contributed by atoms with E-state index < -0.39 is 0 Å². The molecule has 2 aromatic rings. The molecule has 2 heterocycles. The SMILES string of the molecule is COc1ccc2c(C)c(CCC(=O)N3CCC(CN)C3)c(=O)oc2c1.Cl. The van der Waals surface area contributed by atoms with Gasteiger partial charge in [0, 0.05) is 36.5 Å². The zero-order chi connectivity index (χ0) is 18.0. The minimum absolute atomic E-state index is 0. The molecule has 3 rings (SSSR count). The Kier molecular flexibility index (Phi) is 6.67. The smallest absolute Gasteiger partial charge is 0.339 e. The number of hydrogen-bond acceptors (Lipinski definition) is 5. The van der Waals surface area contributed by atoms with Crippen LogP contribution in [0.15, 0.2) is 27.4 Å². The van der Waals surface area contributed by atoms with Crippen molar-refractivity contribution in [3.63, 3.8) is 0 Å².